The molecule has 0 aliphatic rings. The van der Waals surface area contributed by atoms with Gasteiger partial charge in [0.2, 0.25) is 0 Å². The Hall–Kier alpha value is -2.03. The Morgan fingerprint density at radius 2 is 1.42 bits per heavy atom. The van der Waals surface area contributed by atoms with Crippen LogP contribution in [-0.2, 0) is 14.4 Å². The van der Waals surface area contributed by atoms with Gasteiger partial charge in [-0.2, -0.15) is 0 Å². The van der Waals surface area contributed by atoms with E-state index in [-0.39, 0.29) is 17.3 Å². The Balaban J connectivity index is 3.34. The van der Waals surface area contributed by atoms with E-state index in [1.165, 1.54) is 20.8 Å². The maximum Gasteiger partial charge on any atom is 0.155 e. The Morgan fingerprint density at radius 3 is 1.79 bits per heavy atom. The highest BCUT2D eigenvalue weighted by molar-refractivity contribution is 6.04. The third kappa shape index (κ3) is 3.47. The SMILES string of the molecule is C=C(C(C)=O)C(c1ccccc1)C(C(C)=O)C(C)=O. The van der Waals surface area contributed by atoms with Crippen LogP contribution in [0, 0.1) is 5.92 Å². The number of Topliss-reactive ketones (excluding diaryl/α,β-unsaturated/α-hetero) is 3. The number of rotatable bonds is 6. The van der Waals surface area contributed by atoms with Crippen molar-refractivity contribution in [2.24, 2.45) is 5.92 Å². The first kappa shape index (κ1) is 15.0. The monoisotopic (exact) mass is 258 g/mol. The van der Waals surface area contributed by atoms with Gasteiger partial charge in [0.15, 0.2) is 5.78 Å². The number of hydrogen-bond acceptors (Lipinski definition) is 3. The smallest absolute Gasteiger partial charge is 0.155 e. The molecule has 19 heavy (non-hydrogen) atoms. The van der Waals surface area contributed by atoms with Crippen LogP contribution in [0.2, 0.25) is 0 Å². The van der Waals surface area contributed by atoms with E-state index < -0.39 is 11.8 Å². The third-order valence-electron chi connectivity index (χ3n) is 3.20. The number of carbonyl (C=O) groups is 3. The van der Waals surface area contributed by atoms with E-state index >= 15 is 0 Å². The van der Waals surface area contributed by atoms with E-state index in [1.807, 2.05) is 18.2 Å². The van der Waals surface area contributed by atoms with Gasteiger partial charge in [-0.1, -0.05) is 36.9 Å². The highest BCUT2D eigenvalue weighted by Crippen LogP contribution is 2.33. The summed E-state index contributed by atoms with van der Waals surface area (Å²) in [6.45, 7) is 7.90. The number of allylic oxidation sites excluding steroid dienone is 1. The Labute approximate surface area is 113 Å². The zero-order chi connectivity index (χ0) is 14.6. The van der Waals surface area contributed by atoms with Gasteiger partial charge >= 0.3 is 0 Å². The standard InChI is InChI=1S/C16H18O3/c1-10(11(2)17)15(14-8-6-5-7-9-14)16(12(3)18)13(4)19/h5-9,15-16H,1H2,2-4H3. The summed E-state index contributed by atoms with van der Waals surface area (Å²) >= 11 is 0. The molecule has 0 radical (unpaired) electrons. The fraction of sp³-hybridized carbons (Fsp3) is 0.312. The maximum atomic E-state index is 11.8. The van der Waals surface area contributed by atoms with E-state index in [0.29, 0.717) is 5.57 Å². The lowest BCUT2D eigenvalue weighted by Crippen LogP contribution is -2.29. The molecule has 0 bridgehead atoms. The molecule has 1 aromatic rings. The van der Waals surface area contributed by atoms with Crippen LogP contribution in [0.4, 0.5) is 0 Å². The Bertz CT molecular complexity index is 500. The molecular formula is C16H18O3. The van der Waals surface area contributed by atoms with Crippen LogP contribution in [0.1, 0.15) is 32.3 Å². The van der Waals surface area contributed by atoms with Crippen LogP contribution in [0.5, 0.6) is 0 Å². The maximum absolute atomic E-state index is 11.8. The van der Waals surface area contributed by atoms with Crippen molar-refractivity contribution in [3.63, 3.8) is 0 Å². The molecule has 1 unspecified atom stereocenters. The summed E-state index contributed by atoms with van der Waals surface area (Å²) in [6, 6.07) is 9.07. The zero-order valence-corrected chi connectivity index (χ0v) is 11.5. The quantitative estimate of drug-likeness (QED) is 0.582. The van der Waals surface area contributed by atoms with Crippen LogP contribution in [0.3, 0.4) is 0 Å². The molecular weight excluding hydrogens is 240 g/mol. The van der Waals surface area contributed by atoms with Crippen LogP contribution < -0.4 is 0 Å². The second kappa shape index (κ2) is 6.23. The van der Waals surface area contributed by atoms with Crippen molar-refractivity contribution in [3.8, 4) is 0 Å². The fourth-order valence-electron chi connectivity index (χ4n) is 2.23. The molecule has 0 amide bonds. The van der Waals surface area contributed by atoms with Crippen LogP contribution in [0.15, 0.2) is 42.5 Å². The molecule has 1 rings (SSSR count). The van der Waals surface area contributed by atoms with E-state index in [2.05, 4.69) is 6.58 Å². The first-order valence-electron chi connectivity index (χ1n) is 6.11. The molecule has 0 spiro atoms. The van der Waals surface area contributed by atoms with Gasteiger partial charge in [0.25, 0.3) is 0 Å². The molecule has 1 atom stereocenters. The largest absolute Gasteiger partial charge is 0.299 e. The summed E-state index contributed by atoms with van der Waals surface area (Å²) in [6.07, 6.45) is 0. The van der Waals surface area contributed by atoms with Crippen molar-refractivity contribution >= 4 is 17.3 Å². The second-order valence-electron chi connectivity index (χ2n) is 4.67. The molecule has 0 heterocycles. The van der Waals surface area contributed by atoms with Gasteiger partial charge in [-0.25, -0.2) is 0 Å². The van der Waals surface area contributed by atoms with Crippen LogP contribution in [0.25, 0.3) is 0 Å². The second-order valence-corrected chi connectivity index (χ2v) is 4.67. The lowest BCUT2D eigenvalue weighted by atomic mass is 9.76. The summed E-state index contributed by atoms with van der Waals surface area (Å²) < 4.78 is 0. The Morgan fingerprint density at radius 1 is 0.947 bits per heavy atom. The normalized spacial score (nSPS) is 12.0. The summed E-state index contributed by atoms with van der Waals surface area (Å²) in [5, 5.41) is 0. The van der Waals surface area contributed by atoms with Gasteiger partial charge in [-0.05, 0) is 31.9 Å². The van der Waals surface area contributed by atoms with E-state index in [9.17, 15) is 14.4 Å². The minimum atomic E-state index is -0.848. The molecule has 0 N–H and O–H groups in total. The molecule has 0 aliphatic carbocycles. The van der Waals surface area contributed by atoms with E-state index in [4.69, 9.17) is 0 Å². The highest BCUT2D eigenvalue weighted by atomic mass is 16.1. The minimum absolute atomic E-state index is 0.207. The topological polar surface area (TPSA) is 51.2 Å². The van der Waals surface area contributed by atoms with Crippen molar-refractivity contribution < 1.29 is 14.4 Å². The van der Waals surface area contributed by atoms with Gasteiger partial charge in [-0.15, -0.1) is 0 Å². The Kier molecular flexibility index (Phi) is 4.93. The molecule has 0 aliphatic heterocycles. The molecule has 100 valence electrons. The third-order valence-corrected chi connectivity index (χ3v) is 3.20. The molecule has 0 saturated heterocycles. The van der Waals surface area contributed by atoms with E-state index in [0.717, 1.165) is 5.56 Å². The molecule has 3 heteroatoms. The first-order valence-corrected chi connectivity index (χ1v) is 6.11. The molecule has 3 nitrogen and oxygen atoms in total. The fourth-order valence-corrected chi connectivity index (χ4v) is 2.23. The van der Waals surface area contributed by atoms with Crippen LogP contribution >= 0.6 is 0 Å². The van der Waals surface area contributed by atoms with Crippen LogP contribution in [-0.4, -0.2) is 17.3 Å². The molecule has 1 aromatic carbocycles. The van der Waals surface area contributed by atoms with Gasteiger partial charge in [0.1, 0.15) is 11.6 Å². The van der Waals surface area contributed by atoms with E-state index in [1.54, 1.807) is 12.1 Å². The average molecular weight is 258 g/mol. The summed E-state index contributed by atoms with van der Waals surface area (Å²) in [7, 11) is 0. The first-order chi connectivity index (χ1) is 8.86. The summed E-state index contributed by atoms with van der Waals surface area (Å²) in [4.78, 5) is 35.1. The van der Waals surface area contributed by atoms with Crippen molar-refractivity contribution in [3.05, 3.63) is 48.0 Å². The van der Waals surface area contributed by atoms with Gasteiger partial charge in [0.05, 0.1) is 5.92 Å². The summed E-state index contributed by atoms with van der Waals surface area (Å²) in [5.41, 5.74) is 1.06. The van der Waals surface area contributed by atoms with Crippen molar-refractivity contribution in [1.29, 1.82) is 0 Å². The van der Waals surface area contributed by atoms with Crippen molar-refractivity contribution in [1.82, 2.24) is 0 Å². The average Bonchev–Trinajstić information content (AvgIpc) is 2.34. The number of carbonyl (C=O) groups excluding carboxylic acids is 3. The predicted molar refractivity (Wildman–Crippen MR) is 73.9 cm³/mol. The van der Waals surface area contributed by atoms with Gasteiger partial charge < -0.3 is 0 Å². The number of ketones is 3. The van der Waals surface area contributed by atoms with Gasteiger partial charge in [0, 0.05) is 5.92 Å². The lowest BCUT2D eigenvalue weighted by Gasteiger charge is -2.24. The zero-order valence-electron chi connectivity index (χ0n) is 11.5. The predicted octanol–water partition coefficient (Wildman–Crippen LogP) is 2.71. The number of benzene rings is 1. The van der Waals surface area contributed by atoms with Gasteiger partial charge in [-0.3, -0.25) is 14.4 Å². The molecule has 0 saturated carbocycles. The number of hydrogen-bond donors (Lipinski definition) is 0. The van der Waals surface area contributed by atoms with Crippen molar-refractivity contribution in [2.45, 2.75) is 26.7 Å². The van der Waals surface area contributed by atoms with Crippen molar-refractivity contribution in [2.75, 3.05) is 0 Å². The highest BCUT2D eigenvalue weighted by Gasteiger charge is 2.34. The lowest BCUT2D eigenvalue weighted by molar-refractivity contribution is -0.130. The minimum Gasteiger partial charge on any atom is -0.299 e. The summed E-state index contributed by atoms with van der Waals surface area (Å²) in [5.74, 6) is -2.12. The molecule has 0 fully saturated rings. The molecule has 0 aromatic heterocycles.